The summed E-state index contributed by atoms with van der Waals surface area (Å²) in [5.41, 5.74) is 0.798. The van der Waals surface area contributed by atoms with Crippen molar-refractivity contribution in [2.24, 2.45) is 13.0 Å². The number of nitrogens with zero attached hydrogens (tertiary/aromatic N) is 4. The number of aryl methyl sites for hydroxylation is 1. The molecule has 6 heteroatoms. The van der Waals surface area contributed by atoms with Gasteiger partial charge in [-0.05, 0) is 34.9 Å². The van der Waals surface area contributed by atoms with E-state index in [1.807, 2.05) is 13.2 Å². The van der Waals surface area contributed by atoms with E-state index in [9.17, 15) is 0 Å². The Morgan fingerprint density at radius 3 is 2.88 bits per heavy atom. The molecule has 0 amide bonds. The molecule has 2 heterocycles. The van der Waals surface area contributed by atoms with Gasteiger partial charge in [0.2, 0.25) is 11.7 Å². The van der Waals surface area contributed by atoms with Crippen molar-refractivity contribution in [1.29, 1.82) is 0 Å². The van der Waals surface area contributed by atoms with Crippen molar-refractivity contribution in [3.63, 3.8) is 0 Å². The Balaban J connectivity index is 1.95. The van der Waals surface area contributed by atoms with Crippen LogP contribution in [0.4, 0.5) is 0 Å². The van der Waals surface area contributed by atoms with E-state index < -0.39 is 0 Å². The standard InChI is InChI=1S/C10H11IN4O/c1-5-3-6(5)10-12-9(14-16-10)8-7(11)4-15(2)13-8/h4-6H,3H2,1-2H3. The van der Waals surface area contributed by atoms with E-state index in [2.05, 4.69) is 44.8 Å². The highest BCUT2D eigenvalue weighted by atomic mass is 127. The minimum absolute atomic E-state index is 0.461. The van der Waals surface area contributed by atoms with Crippen LogP contribution in [0.15, 0.2) is 10.7 Å². The molecule has 2 aromatic rings. The average molecular weight is 330 g/mol. The van der Waals surface area contributed by atoms with Crippen molar-refractivity contribution in [3.05, 3.63) is 15.7 Å². The van der Waals surface area contributed by atoms with E-state index in [1.165, 1.54) is 0 Å². The van der Waals surface area contributed by atoms with Gasteiger partial charge in [0.05, 0.1) is 3.57 Å². The van der Waals surface area contributed by atoms with Crippen LogP contribution in [0.5, 0.6) is 0 Å². The van der Waals surface area contributed by atoms with Gasteiger partial charge in [0.15, 0.2) is 0 Å². The summed E-state index contributed by atoms with van der Waals surface area (Å²) >= 11 is 2.23. The molecule has 2 aromatic heterocycles. The van der Waals surface area contributed by atoms with Crippen molar-refractivity contribution >= 4 is 22.6 Å². The van der Waals surface area contributed by atoms with Crippen LogP contribution in [0.1, 0.15) is 25.2 Å². The summed E-state index contributed by atoms with van der Waals surface area (Å²) in [5.74, 6) is 2.49. The Hall–Kier alpha value is -0.920. The summed E-state index contributed by atoms with van der Waals surface area (Å²) in [5, 5.41) is 8.31. The van der Waals surface area contributed by atoms with Gasteiger partial charge in [-0.1, -0.05) is 12.1 Å². The maximum absolute atomic E-state index is 5.26. The Kier molecular flexibility index (Phi) is 2.27. The van der Waals surface area contributed by atoms with Crippen molar-refractivity contribution in [2.75, 3.05) is 0 Å². The quantitative estimate of drug-likeness (QED) is 0.792. The molecule has 84 valence electrons. The molecule has 3 rings (SSSR count). The summed E-state index contributed by atoms with van der Waals surface area (Å²) in [6.07, 6.45) is 3.09. The second-order valence-electron chi connectivity index (χ2n) is 4.28. The summed E-state index contributed by atoms with van der Waals surface area (Å²) < 4.78 is 8.06. The van der Waals surface area contributed by atoms with Crippen molar-refractivity contribution in [2.45, 2.75) is 19.3 Å². The first-order valence-corrected chi connectivity index (χ1v) is 6.26. The number of hydrogen-bond donors (Lipinski definition) is 0. The Labute approximate surface area is 106 Å². The third-order valence-corrected chi connectivity index (χ3v) is 3.65. The molecule has 1 saturated carbocycles. The zero-order valence-electron chi connectivity index (χ0n) is 9.01. The predicted octanol–water partition coefficient (Wildman–Crippen LogP) is 2.20. The molecule has 0 bridgehead atoms. The van der Waals surface area contributed by atoms with E-state index in [0.29, 0.717) is 17.7 Å². The van der Waals surface area contributed by atoms with E-state index in [4.69, 9.17) is 4.52 Å². The van der Waals surface area contributed by atoms with Gasteiger partial charge in [-0.15, -0.1) is 0 Å². The van der Waals surface area contributed by atoms with Crippen LogP contribution in [0.2, 0.25) is 0 Å². The smallest absolute Gasteiger partial charge is 0.230 e. The van der Waals surface area contributed by atoms with E-state index in [-0.39, 0.29) is 0 Å². The summed E-state index contributed by atoms with van der Waals surface area (Å²) in [6, 6.07) is 0. The maximum Gasteiger partial charge on any atom is 0.230 e. The van der Waals surface area contributed by atoms with Gasteiger partial charge < -0.3 is 4.52 Å². The minimum Gasteiger partial charge on any atom is -0.339 e. The van der Waals surface area contributed by atoms with Crippen LogP contribution in [-0.2, 0) is 7.05 Å². The Bertz CT molecular complexity index is 533. The van der Waals surface area contributed by atoms with Crippen LogP contribution >= 0.6 is 22.6 Å². The second-order valence-corrected chi connectivity index (χ2v) is 5.44. The first-order chi connectivity index (χ1) is 7.65. The average Bonchev–Trinajstić information content (AvgIpc) is 2.67. The van der Waals surface area contributed by atoms with Crippen LogP contribution in [0, 0.1) is 9.49 Å². The zero-order chi connectivity index (χ0) is 11.3. The first kappa shape index (κ1) is 10.2. The largest absolute Gasteiger partial charge is 0.339 e. The summed E-state index contributed by atoms with van der Waals surface area (Å²) in [7, 11) is 1.88. The van der Waals surface area contributed by atoms with Crippen molar-refractivity contribution < 1.29 is 4.52 Å². The molecule has 0 aliphatic heterocycles. The minimum atomic E-state index is 0.461. The summed E-state index contributed by atoms with van der Waals surface area (Å²) in [4.78, 5) is 4.41. The molecule has 1 aliphatic carbocycles. The van der Waals surface area contributed by atoms with Gasteiger partial charge in [-0.25, -0.2) is 0 Å². The highest BCUT2D eigenvalue weighted by molar-refractivity contribution is 14.1. The lowest BCUT2D eigenvalue weighted by molar-refractivity contribution is 0.376. The van der Waals surface area contributed by atoms with Crippen molar-refractivity contribution in [3.8, 4) is 11.5 Å². The fourth-order valence-electron chi connectivity index (χ4n) is 1.76. The molecule has 2 unspecified atom stereocenters. The zero-order valence-corrected chi connectivity index (χ0v) is 11.2. The lowest BCUT2D eigenvalue weighted by atomic mass is 10.3. The monoisotopic (exact) mass is 330 g/mol. The van der Waals surface area contributed by atoms with Crippen LogP contribution in [-0.4, -0.2) is 19.9 Å². The Morgan fingerprint density at radius 2 is 2.31 bits per heavy atom. The van der Waals surface area contributed by atoms with Crippen LogP contribution < -0.4 is 0 Å². The third-order valence-electron chi connectivity index (χ3n) is 2.86. The molecular formula is C10H11IN4O. The topological polar surface area (TPSA) is 56.7 Å². The van der Waals surface area contributed by atoms with Crippen LogP contribution in [0.25, 0.3) is 11.5 Å². The molecule has 0 aromatic carbocycles. The second kappa shape index (κ2) is 3.54. The lowest BCUT2D eigenvalue weighted by Crippen LogP contribution is -1.89. The number of hydrogen-bond acceptors (Lipinski definition) is 4. The highest BCUT2D eigenvalue weighted by Crippen LogP contribution is 2.46. The third kappa shape index (κ3) is 1.64. The van der Waals surface area contributed by atoms with E-state index in [1.54, 1.807) is 4.68 Å². The molecule has 0 N–H and O–H groups in total. The van der Waals surface area contributed by atoms with E-state index in [0.717, 1.165) is 21.6 Å². The van der Waals surface area contributed by atoms with Gasteiger partial charge in [0, 0.05) is 19.2 Å². The SMILES string of the molecule is CC1CC1c1nc(-c2nn(C)cc2I)no1. The molecule has 1 fully saturated rings. The Morgan fingerprint density at radius 1 is 1.56 bits per heavy atom. The lowest BCUT2D eigenvalue weighted by Gasteiger charge is -1.86. The van der Waals surface area contributed by atoms with Gasteiger partial charge in [-0.2, -0.15) is 10.1 Å². The van der Waals surface area contributed by atoms with Crippen LogP contribution in [0.3, 0.4) is 0 Å². The number of halogens is 1. The van der Waals surface area contributed by atoms with Gasteiger partial charge in [-0.3, -0.25) is 4.68 Å². The molecule has 2 atom stereocenters. The fraction of sp³-hybridized carbons (Fsp3) is 0.500. The van der Waals surface area contributed by atoms with Crippen molar-refractivity contribution in [1.82, 2.24) is 19.9 Å². The molecule has 5 nitrogen and oxygen atoms in total. The normalized spacial score (nSPS) is 23.7. The van der Waals surface area contributed by atoms with Gasteiger partial charge in [0.25, 0.3) is 0 Å². The molecule has 0 radical (unpaired) electrons. The fourth-order valence-corrected chi connectivity index (χ4v) is 2.51. The molecule has 1 aliphatic rings. The maximum atomic E-state index is 5.26. The van der Waals surface area contributed by atoms with Gasteiger partial charge >= 0.3 is 0 Å². The molecule has 0 saturated heterocycles. The summed E-state index contributed by atoms with van der Waals surface area (Å²) in [6.45, 7) is 2.19. The molecular weight excluding hydrogens is 319 g/mol. The van der Waals surface area contributed by atoms with E-state index >= 15 is 0 Å². The molecule has 0 spiro atoms. The predicted molar refractivity (Wildman–Crippen MR) is 65.7 cm³/mol. The number of rotatable bonds is 2. The van der Waals surface area contributed by atoms with Gasteiger partial charge in [0.1, 0.15) is 5.69 Å². The number of aromatic nitrogens is 4. The highest BCUT2D eigenvalue weighted by Gasteiger charge is 2.39. The first-order valence-electron chi connectivity index (χ1n) is 5.18. The molecule has 16 heavy (non-hydrogen) atoms.